The van der Waals surface area contributed by atoms with Gasteiger partial charge in [-0.3, -0.25) is 4.79 Å². The monoisotopic (exact) mass is 308 g/mol. The molecule has 1 unspecified atom stereocenters. The molecule has 2 saturated heterocycles. The molecule has 3 heterocycles. The standard InChI is InChI=1S/C16H24N2O2S/c1-17-6-7-20-13-16(11-17)4-2-5-18(12-16)15(19)9-14-3-8-21-10-14/h3,8,10H,2,4-7,9,11-13H2,1H3. The van der Waals surface area contributed by atoms with Crippen molar-refractivity contribution in [1.82, 2.24) is 9.80 Å². The summed E-state index contributed by atoms with van der Waals surface area (Å²) >= 11 is 1.66. The van der Waals surface area contributed by atoms with Gasteiger partial charge in [0.2, 0.25) is 5.91 Å². The maximum absolute atomic E-state index is 12.5. The molecular formula is C16H24N2O2S. The highest BCUT2D eigenvalue weighted by Gasteiger charge is 2.39. The average molecular weight is 308 g/mol. The molecule has 1 aromatic rings. The highest BCUT2D eigenvalue weighted by atomic mass is 32.1. The van der Waals surface area contributed by atoms with Crippen molar-refractivity contribution < 1.29 is 9.53 Å². The summed E-state index contributed by atoms with van der Waals surface area (Å²) < 4.78 is 5.81. The van der Waals surface area contributed by atoms with Crippen molar-refractivity contribution in [1.29, 1.82) is 0 Å². The molecule has 116 valence electrons. The molecule has 1 spiro atoms. The fraction of sp³-hybridized carbons (Fsp3) is 0.688. The Balaban J connectivity index is 1.65. The number of likely N-dealkylation sites (N-methyl/N-ethyl adjacent to an activating group) is 1. The Bertz CT molecular complexity index is 477. The van der Waals surface area contributed by atoms with Crippen LogP contribution in [0.25, 0.3) is 0 Å². The van der Waals surface area contributed by atoms with Crippen LogP contribution in [0.2, 0.25) is 0 Å². The molecule has 1 aromatic heterocycles. The summed E-state index contributed by atoms with van der Waals surface area (Å²) in [6, 6.07) is 2.05. The van der Waals surface area contributed by atoms with Gasteiger partial charge in [0.1, 0.15) is 0 Å². The summed E-state index contributed by atoms with van der Waals surface area (Å²) in [5.74, 6) is 0.263. The third kappa shape index (κ3) is 3.65. The van der Waals surface area contributed by atoms with E-state index in [1.165, 1.54) is 6.42 Å². The van der Waals surface area contributed by atoms with Crippen LogP contribution >= 0.6 is 11.3 Å². The van der Waals surface area contributed by atoms with Crippen molar-refractivity contribution in [3.05, 3.63) is 22.4 Å². The lowest BCUT2D eigenvalue weighted by atomic mass is 9.80. The number of likely N-dealkylation sites (tertiary alicyclic amines) is 1. The van der Waals surface area contributed by atoms with Crippen molar-refractivity contribution in [3.63, 3.8) is 0 Å². The first-order chi connectivity index (χ1) is 10.2. The van der Waals surface area contributed by atoms with Gasteiger partial charge in [0, 0.05) is 31.6 Å². The van der Waals surface area contributed by atoms with Crippen LogP contribution in [0.4, 0.5) is 0 Å². The number of hydrogen-bond donors (Lipinski definition) is 0. The van der Waals surface area contributed by atoms with E-state index in [4.69, 9.17) is 4.74 Å². The van der Waals surface area contributed by atoms with Crippen LogP contribution in [0, 0.1) is 5.41 Å². The fourth-order valence-corrected chi connectivity index (χ4v) is 4.22. The van der Waals surface area contributed by atoms with Crippen LogP contribution in [0.1, 0.15) is 18.4 Å². The Hall–Kier alpha value is -0.910. The fourth-order valence-electron chi connectivity index (χ4n) is 3.55. The van der Waals surface area contributed by atoms with Gasteiger partial charge >= 0.3 is 0 Å². The van der Waals surface area contributed by atoms with E-state index >= 15 is 0 Å². The molecule has 2 aliphatic heterocycles. The van der Waals surface area contributed by atoms with Crippen molar-refractivity contribution in [2.75, 3.05) is 46.4 Å². The molecular weight excluding hydrogens is 284 g/mol. The number of hydrogen-bond acceptors (Lipinski definition) is 4. The summed E-state index contributed by atoms with van der Waals surface area (Å²) in [7, 11) is 2.16. The van der Waals surface area contributed by atoms with E-state index in [1.807, 2.05) is 11.4 Å². The SMILES string of the molecule is CN1CCOCC2(CCCN(C(=O)Cc3ccsc3)C2)C1. The number of nitrogens with zero attached hydrogens (tertiary/aromatic N) is 2. The molecule has 0 aliphatic carbocycles. The molecule has 1 amide bonds. The van der Waals surface area contributed by atoms with E-state index < -0.39 is 0 Å². The Morgan fingerprint density at radius 3 is 3.14 bits per heavy atom. The largest absolute Gasteiger partial charge is 0.379 e. The van der Waals surface area contributed by atoms with Crippen molar-refractivity contribution in [3.8, 4) is 0 Å². The number of amides is 1. The second-order valence-electron chi connectivity index (χ2n) is 6.52. The first-order valence-corrected chi connectivity index (χ1v) is 8.66. The second kappa shape index (κ2) is 6.46. The van der Waals surface area contributed by atoms with Gasteiger partial charge in [0.15, 0.2) is 0 Å². The van der Waals surface area contributed by atoms with Crippen LogP contribution < -0.4 is 0 Å². The van der Waals surface area contributed by atoms with E-state index in [9.17, 15) is 4.79 Å². The van der Waals surface area contributed by atoms with Crippen molar-refractivity contribution in [2.24, 2.45) is 5.41 Å². The molecule has 2 aliphatic rings. The van der Waals surface area contributed by atoms with Gasteiger partial charge in [-0.2, -0.15) is 11.3 Å². The Morgan fingerprint density at radius 2 is 2.33 bits per heavy atom. The van der Waals surface area contributed by atoms with Gasteiger partial charge in [0.05, 0.1) is 19.6 Å². The first-order valence-electron chi connectivity index (χ1n) is 7.72. The zero-order valence-corrected chi connectivity index (χ0v) is 13.5. The molecule has 3 rings (SSSR count). The zero-order chi connectivity index (χ0) is 14.7. The summed E-state index contributed by atoms with van der Waals surface area (Å²) in [6.45, 7) is 5.37. The molecule has 2 fully saturated rings. The molecule has 0 N–H and O–H groups in total. The average Bonchev–Trinajstić information content (AvgIpc) is 2.90. The number of carbonyl (C=O) groups excluding carboxylic acids is 1. The third-order valence-electron chi connectivity index (χ3n) is 4.58. The molecule has 0 radical (unpaired) electrons. The van der Waals surface area contributed by atoms with Gasteiger partial charge in [-0.15, -0.1) is 0 Å². The molecule has 0 aromatic carbocycles. The normalized spacial score (nSPS) is 27.8. The minimum atomic E-state index is 0.133. The lowest BCUT2D eigenvalue weighted by Gasteiger charge is -2.43. The van der Waals surface area contributed by atoms with Gasteiger partial charge in [-0.05, 0) is 42.3 Å². The highest BCUT2D eigenvalue weighted by Crippen LogP contribution is 2.32. The Labute approximate surface area is 130 Å². The number of thiophene rings is 1. The van der Waals surface area contributed by atoms with E-state index in [2.05, 4.69) is 22.2 Å². The van der Waals surface area contributed by atoms with E-state index in [0.29, 0.717) is 6.42 Å². The maximum atomic E-state index is 12.5. The quantitative estimate of drug-likeness (QED) is 0.836. The first kappa shape index (κ1) is 15.0. The Morgan fingerprint density at radius 1 is 1.43 bits per heavy atom. The van der Waals surface area contributed by atoms with E-state index in [0.717, 1.165) is 51.4 Å². The molecule has 21 heavy (non-hydrogen) atoms. The van der Waals surface area contributed by atoms with Crippen LogP contribution in [0.3, 0.4) is 0 Å². The maximum Gasteiger partial charge on any atom is 0.227 e. The summed E-state index contributed by atoms with van der Waals surface area (Å²) in [5.41, 5.74) is 1.27. The smallest absolute Gasteiger partial charge is 0.227 e. The van der Waals surface area contributed by atoms with Gasteiger partial charge < -0.3 is 14.5 Å². The number of carbonyl (C=O) groups is 1. The zero-order valence-electron chi connectivity index (χ0n) is 12.7. The van der Waals surface area contributed by atoms with Crippen molar-refractivity contribution >= 4 is 17.2 Å². The van der Waals surface area contributed by atoms with Gasteiger partial charge in [-0.1, -0.05) is 0 Å². The Kier molecular flexibility index (Phi) is 4.62. The van der Waals surface area contributed by atoms with Gasteiger partial charge in [0.25, 0.3) is 0 Å². The molecule has 0 saturated carbocycles. The van der Waals surface area contributed by atoms with Crippen LogP contribution in [0.15, 0.2) is 16.8 Å². The molecule has 1 atom stereocenters. The van der Waals surface area contributed by atoms with Crippen LogP contribution in [-0.2, 0) is 16.0 Å². The molecule has 5 heteroatoms. The summed E-state index contributed by atoms with van der Waals surface area (Å²) in [4.78, 5) is 16.9. The lowest BCUT2D eigenvalue weighted by Crippen LogP contribution is -2.52. The van der Waals surface area contributed by atoms with Crippen molar-refractivity contribution in [2.45, 2.75) is 19.3 Å². The third-order valence-corrected chi connectivity index (χ3v) is 5.31. The lowest BCUT2D eigenvalue weighted by molar-refractivity contribution is -0.135. The topological polar surface area (TPSA) is 32.8 Å². The van der Waals surface area contributed by atoms with Crippen LogP contribution in [0.5, 0.6) is 0 Å². The second-order valence-corrected chi connectivity index (χ2v) is 7.30. The van der Waals surface area contributed by atoms with E-state index in [-0.39, 0.29) is 11.3 Å². The van der Waals surface area contributed by atoms with E-state index in [1.54, 1.807) is 11.3 Å². The summed E-state index contributed by atoms with van der Waals surface area (Å²) in [6.07, 6.45) is 2.79. The number of ether oxygens (including phenoxy) is 1. The predicted octanol–water partition coefficient (Wildman–Crippen LogP) is 1.86. The minimum absolute atomic E-state index is 0.133. The molecule has 4 nitrogen and oxygen atoms in total. The number of rotatable bonds is 2. The van der Waals surface area contributed by atoms with Gasteiger partial charge in [-0.25, -0.2) is 0 Å². The summed E-state index contributed by atoms with van der Waals surface area (Å²) in [5, 5.41) is 4.11. The predicted molar refractivity (Wildman–Crippen MR) is 84.6 cm³/mol. The highest BCUT2D eigenvalue weighted by molar-refractivity contribution is 7.07. The number of piperidine rings is 1. The molecule has 0 bridgehead atoms. The van der Waals surface area contributed by atoms with Crippen LogP contribution in [-0.4, -0.2) is 62.1 Å². The minimum Gasteiger partial charge on any atom is -0.379 e.